The number of benzene rings is 2. The molecule has 9 heteroatoms. The minimum Gasteiger partial charge on any atom is -0.478 e. The minimum atomic E-state index is -1.39. The van der Waals surface area contributed by atoms with E-state index in [1.54, 1.807) is 30.5 Å². The number of anilines is 1. The molecule has 0 spiro atoms. The monoisotopic (exact) mass is 453 g/mol. The molecule has 2 N–H and O–H groups in total. The van der Waals surface area contributed by atoms with E-state index in [1.165, 1.54) is 23.1 Å². The highest BCUT2D eigenvalue weighted by molar-refractivity contribution is 6.31. The van der Waals surface area contributed by atoms with Crippen molar-refractivity contribution in [1.29, 1.82) is 0 Å². The first-order chi connectivity index (χ1) is 15.3. The Bertz CT molecular complexity index is 1220. The first kappa shape index (κ1) is 21.5. The van der Waals surface area contributed by atoms with Gasteiger partial charge >= 0.3 is 5.97 Å². The van der Waals surface area contributed by atoms with Gasteiger partial charge in [0.1, 0.15) is 11.9 Å². The van der Waals surface area contributed by atoms with Crippen molar-refractivity contribution in [2.75, 3.05) is 5.32 Å². The van der Waals surface area contributed by atoms with E-state index in [0.29, 0.717) is 16.3 Å². The normalized spacial score (nSPS) is 15.7. The Hall–Kier alpha value is -3.78. The van der Waals surface area contributed by atoms with Crippen LogP contribution in [0.2, 0.25) is 5.02 Å². The van der Waals surface area contributed by atoms with E-state index in [-0.39, 0.29) is 24.2 Å². The van der Waals surface area contributed by atoms with Gasteiger partial charge in [-0.2, -0.15) is 0 Å². The maximum absolute atomic E-state index is 14.2. The largest absolute Gasteiger partial charge is 0.478 e. The number of nitrogens with zero attached hydrogens (tertiary/aromatic N) is 2. The molecule has 2 amide bonds. The second kappa shape index (κ2) is 8.76. The Morgan fingerprint density at radius 2 is 1.97 bits per heavy atom. The van der Waals surface area contributed by atoms with Gasteiger partial charge in [0.15, 0.2) is 0 Å². The predicted molar refractivity (Wildman–Crippen MR) is 115 cm³/mol. The van der Waals surface area contributed by atoms with E-state index in [9.17, 15) is 18.8 Å². The second-order valence-electron chi connectivity index (χ2n) is 7.27. The van der Waals surface area contributed by atoms with Crippen LogP contribution in [-0.2, 0) is 17.8 Å². The molecule has 2 heterocycles. The Kier molecular flexibility index (Phi) is 5.87. The van der Waals surface area contributed by atoms with Crippen molar-refractivity contribution < 1.29 is 23.9 Å². The lowest BCUT2D eigenvalue weighted by atomic mass is 10.0. The average molecular weight is 454 g/mol. The molecule has 4 rings (SSSR count). The van der Waals surface area contributed by atoms with Crippen LogP contribution in [0, 0.1) is 5.82 Å². The van der Waals surface area contributed by atoms with Gasteiger partial charge in [0, 0.05) is 29.9 Å². The molecule has 0 radical (unpaired) electrons. The number of rotatable bonds is 5. The molecule has 32 heavy (non-hydrogen) atoms. The van der Waals surface area contributed by atoms with Crippen LogP contribution in [0.25, 0.3) is 0 Å². The summed E-state index contributed by atoms with van der Waals surface area (Å²) in [6.07, 6.45) is 1.72. The third kappa shape index (κ3) is 4.31. The van der Waals surface area contributed by atoms with Crippen molar-refractivity contribution in [1.82, 2.24) is 9.88 Å². The summed E-state index contributed by atoms with van der Waals surface area (Å²) >= 11 is 6.04. The van der Waals surface area contributed by atoms with E-state index in [1.807, 2.05) is 0 Å². The molecule has 1 atom stereocenters. The van der Waals surface area contributed by atoms with Crippen molar-refractivity contribution in [3.63, 3.8) is 0 Å². The van der Waals surface area contributed by atoms with Crippen LogP contribution >= 0.6 is 11.6 Å². The third-order valence-electron chi connectivity index (χ3n) is 5.16. The number of hydrogen-bond acceptors (Lipinski definition) is 4. The van der Waals surface area contributed by atoms with E-state index in [0.717, 1.165) is 12.1 Å². The Labute approximate surface area is 187 Å². The zero-order chi connectivity index (χ0) is 22.8. The second-order valence-corrected chi connectivity index (χ2v) is 7.71. The van der Waals surface area contributed by atoms with Gasteiger partial charge in [0.25, 0.3) is 5.91 Å². The fraction of sp³-hybridized carbons (Fsp3) is 0.130. The molecular formula is C23H17ClFN3O4. The maximum Gasteiger partial charge on any atom is 0.338 e. The molecule has 1 aliphatic heterocycles. The molecule has 3 aromatic rings. The Morgan fingerprint density at radius 1 is 1.16 bits per heavy atom. The van der Waals surface area contributed by atoms with Crippen LogP contribution in [0.15, 0.2) is 60.8 Å². The highest BCUT2D eigenvalue weighted by Gasteiger charge is 2.36. The number of carbonyl (C=O) groups is 3. The maximum atomic E-state index is 14.2. The van der Waals surface area contributed by atoms with Crippen LogP contribution in [0.5, 0.6) is 0 Å². The highest BCUT2D eigenvalue weighted by atomic mass is 35.5. The molecule has 2 aromatic carbocycles. The number of halogens is 2. The molecule has 7 nitrogen and oxygen atoms in total. The van der Waals surface area contributed by atoms with Crippen LogP contribution in [-0.4, -0.2) is 38.8 Å². The van der Waals surface area contributed by atoms with Gasteiger partial charge in [-0.1, -0.05) is 23.7 Å². The highest BCUT2D eigenvalue weighted by Crippen LogP contribution is 2.29. The molecule has 0 saturated heterocycles. The van der Waals surface area contributed by atoms with Crippen molar-refractivity contribution in [2.45, 2.75) is 19.0 Å². The molecule has 1 aromatic heterocycles. The summed E-state index contributed by atoms with van der Waals surface area (Å²) in [5.74, 6) is -3.19. The summed E-state index contributed by atoms with van der Waals surface area (Å²) in [6.45, 7) is -0.108. The number of aromatic carboxylic acids is 1. The number of carboxylic acids is 1. The number of fused-ring (bicyclic) bond motifs is 1. The SMILES string of the molecule is O=C(O)c1ccc(CN2C(=O)c3ccc(Cl)cc3NC(=O)[C@H]2Cc2ccccn2)cc1F. The van der Waals surface area contributed by atoms with Crippen molar-refractivity contribution in [2.24, 2.45) is 0 Å². The average Bonchev–Trinajstić information content (AvgIpc) is 2.84. The van der Waals surface area contributed by atoms with Gasteiger partial charge in [-0.3, -0.25) is 14.6 Å². The summed E-state index contributed by atoms with van der Waals surface area (Å²) < 4.78 is 14.2. The van der Waals surface area contributed by atoms with Crippen LogP contribution in [0.4, 0.5) is 10.1 Å². The Balaban J connectivity index is 1.75. The van der Waals surface area contributed by atoms with Gasteiger partial charge in [-0.25, -0.2) is 9.18 Å². The lowest BCUT2D eigenvalue weighted by Gasteiger charge is -2.28. The van der Waals surface area contributed by atoms with E-state index >= 15 is 0 Å². The topological polar surface area (TPSA) is 99.6 Å². The molecule has 162 valence electrons. The summed E-state index contributed by atoms with van der Waals surface area (Å²) in [5, 5.41) is 12.2. The lowest BCUT2D eigenvalue weighted by molar-refractivity contribution is -0.120. The number of amides is 2. The molecule has 0 saturated carbocycles. The first-order valence-electron chi connectivity index (χ1n) is 9.66. The number of nitrogens with one attached hydrogen (secondary N) is 1. The fourth-order valence-corrected chi connectivity index (χ4v) is 3.76. The number of hydrogen-bond donors (Lipinski definition) is 2. The van der Waals surface area contributed by atoms with Crippen LogP contribution in [0.3, 0.4) is 0 Å². The summed E-state index contributed by atoms with van der Waals surface area (Å²) in [4.78, 5) is 43.3. The van der Waals surface area contributed by atoms with Gasteiger partial charge < -0.3 is 15.3 Å². The number of carbonyl (C=O) groups excluding carboxylic acids is 2. The quantitative estimate of drug-likeness (QED) is 0.612. The predicted octanol–water partition coefficient (Wildman–Crippen LogP) is 3.78. The first-order valence-corrected chi connectivity index (χ1v) is 10.0. The number of carboxylic acid groups (broad SMARTS) is 1. The van der Waals surface area contributed by atoms with E-state index in [2.05, 4.69) is 10.3 Å². The zero-order valence-electron chi connectivity index (χ0n) is 16.6. The third-order valence-corrected chi connectivity index (χ3v) is 5.39. The minimum absolute atomic E-state index is 0.108. The summed E-state index contributed by atoms with van der Waals surface area (Å²) in [7, 11) is 0. The number of pyridine rings is 1. The molecule has 0 bridgehead atoms. The summed E-state index contributed by atoms with van der Waals surface area (Å²) in [5.41, 5.74) is 1.000. The Morgan fingerprint density at radius 3 is 2.66 bits per heavy atom. The van der Waals surface area contributed by atoms with E-state index < -0.39 is 35.2 Å². The molecule has 0 unspecified atom stereocenters. The van der Waals surface area contributed by atoms with Crippen molar-refractivity contribution in [3.8, 4) is 0 Å². The zero-order valence-corrected chi connectivity index (χ0v) is 17.3. The summed E-state index contributed by atoms with van der Waals surface area (Å²) in [6, 6.07) is 12.5. The van der Waals surface area contributed by atoms with Gasteiger partial charge in [0.2, 0.25) is 5.91 Å². The van der Waals surface area contributed by atoms with Crippen molar-refractivity contribution >= 4 is 35.1 Å². The van der Waals surface area contributed by atoms with Gasteiger partial charge in [-0.15, -0.1) is 0 Å². The van der Waals surface area contributed by atoms with Crippen LogP contribution < -0.4 is 5.32 Å². The molecule has 0 aliphatic carbocycles. The molecular weight excluding hydrogens is 437 g/mol. The fourth-order valence-electron chi connectivity index (χ4n) is 3.59. The van der Waals surface area contributed by atoms with E-state index in [4.69, 9.17) is 16.7 Å². The molecule has 1 aliphatic rings. The number of aromatic nitrogens is 1. The van der Waals surface area contributed by atoms with Crippen LogP contribution in [0.1, 0.15) is 32.0 Å². The smallest absolute Gasteiger partial charge is 0.338 e. The lowest BCUT2D eigenvalue weighted by Crippen LogP contribution is -2.46. The standard InChI is InChI=1S/C23H17ClFN3O4/c24-14-5-7-17-19(10-14)27-21(29)20(11-15-3-1-2-8-26-15)28(22(17)30)12-13-4-6-16(23(31)32)18(25)9-13/h1-10,20H,11-12H2,(H,27,29)(H,31,32)/t20-/m1/s1. The van der Waals surface area contributed by atoms with Gasteiger partial charge in [0.05, 0.1) is 16.8 Å². The van der Waals surface area contributed by atoms with Crippen molar-refractivity contribution in [3.05, 3.63) is 94.0 Å². The van der Waals surface area contributed by atoms with Gasteiger partial charge in [-0.05, 0) is 48.0 Å². The molecule has 0 fully saturated rings.